The van der Waals surface area contributed by atoms with E-state index < -0.39 is 0 Å². The molecule has 3 atom stereocenters. The third-order valence-electron chi connectivity index (χ3n) is 4.16. The molecule has 0 aromatic heterocycles. The van der Waals surface area contributed by atoms with Gasteiger partial charge in [-0.1, -0.05) is 13.0 Å². The van der Waals surface area contributed by atoms with E-state index in [4.69, 9.17) is 15.2 Å². The molecule has 0 radical (unpaired) electrons. The van der Waals surface area contributed by atoms with Gasteiger partial charge in [0.25, 0.3) is 0 Å². The monoisotopic (exact) mass is 247 g/mol. The summed E-state index contributed by atoms with van der Waals surface area (Å²) in [6, 6.07) is 6.58. The largest absolute Gasteiger partial charge is 0.486 e. The van der Waals surface area contributed by atoms with Gasteiger partial charge in [0.15, 0.2) is 11.5 Å². The van der Waals surface area contributed by atoms with Gasteiger partial charge >= 0.3 is 0 Å². The summed E-state index contributed by atoms with van der Waals surface area (Å²) in [6.45, 7) is 3.60. The van der Waals surface area contributed by atoms with E-state index in [9.17, 15) is 0 Å². The van der Waals surface area contributed by atoms with Gasteiger partial charge in [-0.05, 0) is 48.8 Å². The van der Waals surface area contributed by atoms with Crippen molar-refractivity contribution in [2.45, 2.75) is 38.1 Å². The van der Waals surface area contributed by atoms with Crippen molar-refractivity contribution in [2.24, 2.45) is 11.7 Å². The molecular formula is C15H21NO2. The lowest BCUT2D eigenvalue weighted by Crippen LogP contribution is -2.34. The van der Waals surface area contributed by atoms with Crippen molar-refractivity contribution in [1.29, 1.82) is 0 Å². The molecule has 1 aliphatic carbocycles. The SMILES string of the molecule is CC1CCC(N)C(c2ccc3c(c2)OCCO3)C1. The summed E-state index contributed by atoms with van der Waals surface area (Å²) < 4.78 is 11.2. The Hall–Kier alpha value is -1.22. The average Bonchev–Trinajstić information content (AvgIpc) is 2.41. The van der Waals surface area contributed by atoms with Gasteiger partial charge in [-0.3, -0.25) is 0 Å². The Balaban J connectivity index is 1.86. The smallest absolute Gasteiger partial charge is 0.161 e. The van der Waals surface area contributed by atoms with Crippen LogP contribution in [0.2, 0.25) is 0 Å². The molecule has 1 heterocycles. The van der Waals surface area contributed by atoms with Crippen LogP contribution in [-0.2, 0) is 0 Å². The third-order valence-corrected chi connectivity index (χ3v) is 4.16. The molecule has 2 aliphatic rings. The maximum absolute atomic E-state index is 6.28. The summed E-state index contributed by atoms with van der Waals surface area (Å²) in [5.74, 6) is 2.97. The Labute approximate surface area is 108 Å². The minimum absolute atomic E-state index is 0.281. The van der Waals surface area contributed by atoms with E-state index in [2.05, 4.69) is 19.1 Å². The van der Waals surface area contributed by atoms with Crippen molar-refractivity contribution in [3.05, 3.63) is 23.8 Å². The van der Waals surface area contributed by atoms with Gasteiger partial charge in [0, 0.05) is 6.04 Å². The molecule has 3 heteroatoms. The second-order valence-corrected chi connectivity index (χ2v) is 5.59. The Bertz CT molecular complexity index is 433. The first-order chi connectivity index (χ1) is 8.74. The van der Waals surface area contributed by atoms with Crippen LogP contribution in [0.3, 0.4) is 0 Å². The van der Waals surface area contributed by atoms with E-state index in [0.29, 0.717) is 19.1 Å². The van der Waals surface area contributed by atoms with Gasteiger partial charge < -0.3 is 15.2 Å². The quantitative estimate of drug-likeness (QED) is 0.829. The molecular weight excluding hydrogens is 226 g/mol. The van der Waals surface area contributed by atoms with Crippen LogP contribution in [0.25, 0.3) is 0 Å². The highest BCUT2D eigenvalue weighted by Crippen LogP contribution is 2.39. The summed E-state index contributed by atoms with van der Waals surface area (Å²) in [5.41, 5.74) is 7.58. The minimum Gasteiger partial charge on any atom is -0.486 e. The normalized spacial score (nSPS) is 31.1. The van der Waals surface area contributed by atoms with E-state index in [1.54, 1.807) is 0 Å². The summed E-state index contributed by atoms with van der Waals surface area (Å²) in [7, 11) is 0. The van der Waals surface area contributed by atoms with Crippen LogP contribution in [0.1, 0.15) is 37.7 Å². The average molecular weight is 247 g/mol. The predicted octanol–water partition coefficient (Wildman–Crippen LogP) is 2.69. The van der Waals surface area contributed by atoms with Crippen molar-refractivity contribution in [1.82, 2.24) is 0 Å². The summed E-state index contributed by atoms with van der Waals surface area (Å²) >= 11 is 0. The lowest BCUT2D eigenvalue weighted by Gasteiger charge is -2.33. The molecule has 3 nitrogen and oxygen atoms in total. The Morgan fingerprint density at radius 2 is 1.89 bits per heavy atom. The van der Waals surface area contributed by atoms with Gasteiger partial charge in [-0.2, -0.15) is 0 Å². The molecule has 2 N–H and O–H groups in total. The van der Waals surface area contributed by atoms with E-state index in [-0.39, 0.29) is 6.04 Å². The van der Waals surface area contributed by atoms with Crippen molar-refractivity contribution in [3.8, 4) is 11.5 Å². The van der Waals surface area contributed by atoms with Crippen molar-refractivity contribution in [2.75, 3.05) is 13.2 Å². The van der Waals surface area contributed by atoms with E-state index in [1.807, 2.05) is 6.07 Å². The molecule has 1 aromatic rings. The van der Waals surface area contributed by atoms with Crippen LogP contribution < -0.4 is 15.2 Å². The molecule has 0 saturated heterocycles. The van der Waals surface area contributed by atoms with Gasteiger partial charge in [0.2, 0.25) is 0 Å². The standard InChI is InChI=1S/C15H21NO2/c1-10-2-4-13(16)12(8-10)11-3-5-14-15(9-11)18-7-6-17-14/h3,5,9-10,12-13H,2,4,6-8,16H2,1H3. The molecule has 98 valence electrons. The van der Waals surface area contributed by atoms with E-state index in [0.717, 1.165) is 23.8 Å². The molecule has 0 spiro atoms. The first kappa shape index (κ1) is 11.8. The number of hydrogen-bond acceptors (Lipinski definition) is 3. The first-order valence-electron chi connectivity index (χ1n) is 6.89. The van der Waals surface area contributed by atoms with E-state index in [1.165, 1.54) is 18.4 Å². The van der Waals surface area contributed by atoms with Crippen LogP contribution in [0.4, 0.5) is 0 Å². The number of hydrogen-bond donors (Lipinski definition) is 1. The van der Waals surface area contributed by atoms with Gasteiger partial charge in [-0.15, -0.1) is 0 Å². The highest BCUT2D eigenvalue weighted by Gasteiger charge is 2.28. The molecule has 3 rings (SSSR count). The zero-order valence-electron chi connectivity index (χ0n) is 10.9. The fourth-order valence-electron chi connectivity index (χ4n) is 3.08. The fraction of sp³-hybridized carbons (Fsp3) is 0.600. The number of nitrogens with two attached hydrogens (primary N) is 1. The second kappa shape index (κ2) is 4.81. The zero-order valence-corrected chi connectivity index (χ0v) is 10.9. The summed E-state index contributed by atoms with van der Waals surface area (Å²) in [6.07, 6.45) is 3.56. The maximum Gasteiger partial charge on any atom is 0.161 e. The fourth-order valence-corrected chi connectivity index (χ4v) is 3.08. The van der Waals surface area contributed by atoms with Crippen LogP contribution in [-0.4, -0.2) is 19.3 Å². The van der Waals surface area contributed by atoms with Gasteiger partial charge in [0.05, 0.1) is 0 Å². The lowest BCUT2D eigenvalue weighted by molar-refractivity contribution is 0.171. The molecule has 0 amide bonds. The van der Waals surface area contributed by atoms with Crippen LogP contribution >= 0.6 is 0 Å². The van der Waals surface area contributed by atoms with Crippen molar-refractivity contribution in [3.63, 3.8) is 0 Å². The molecule has 1 aromatic carbocycles. The molecule has 1 saturated carbocycles. The van der Waals surface area contributed by atoms with Crippen molar-refractivity contribution >= 4 is 0 Å². The molecule has 18 heavy (non-hydrogen) atoms. The number of fused-ring (bicyclic) bond motifs is 1. The topological polar surface area (TPSA) is 44.5 Å². The Morgan fingerprint density at radius 3 is 2.72 bits per heavy atom. The molecule has 0 bridgehead atoms. The predicted molar refractivity (Wildman–Crippen MR) is 71.2 cm³/mol. The van der Waals surface area contributed by atoms with Crippen LogP contribution in [0.15, 0.2) is 18.2 Å². The molecule has 3 unspecified atom stereocenters. The highest BCUT2D eigenvalue weighted by atomic mass is 16.6. The second-order valence-electron chi connectivity index (χ2n) is 5.59. The van der Waals surface area contributed by atoms with Crippen LogP contribution in [0, 0.1) is 5.92 Å². The maximum atomic E-state index is 6.28. The molecule has 1 aliphatic heterocycles. The highest BCUT2D eigenvalue weighted by molar-refractivity contribution is 5.45. The van der Waals surface area contributed by atoms with Gasteiger partial charge in [0.1, 0.15) is 13.2 Å². The van der Waals surface area contributed by atoms with Crippen LogP contribution in [0.5, 0.6) is 11.5 Å². The lowest BCUT2D eigenvalue weighted by atomic mass is 9.76. The number of ether oxygens (including phenoxy) is 2. The summed E-state index contributed by atoms with van der Waals surface area (Å²) in [4.78, 5) is 0. The minimum atomic E-state index is 0.281. The number of rotatable bonds is 1. The van der Waals surface area contributed by atoms with Gasteiger partial charge in [-0.25, -0.2) is 0 Å². The van der Waals surface area contributed by atoms with E-state index >= 15 is 0 Å². The zero-order chi connectivity index (χ0) is 12.5. The Kier molecular flexibility index (Phi) is 3.16. The summed E-state index contributed by atoms with van der Waals surface area (Å²) in [5, 5.41) is 0. The first-order valence-corrected chi connectivity index (χ1v) is 6.89. The Morgan fingerprint density at radius 1 is 1.11 bits per heavy atom. The third kappa shape index (κ3) is 2.19. The molecule has 1 fully saturated rings. The van der Waals surface area contributed by atoms with Crippen molar-refractivity contribution < 1.29 is 9.47 Å². The number of benzene rings is 1.